The maximum Gasteiger partial charge on any atom is 0.414 e. The van der Waals surface area contributed by atoms with Crippen molar-refractivity contribution < 1.29 is 17.9 Å². The lowest BCUT2D eigenvalue weighted by molar-refractivity contribution is 0.143. The first kappa shape index (κ1) is 16.8. The number of aryl methyl sites for hydroxylation is 2. The van der Waals surface area contributed by atoms with Crippen molar-refractivity contribution in [2.24, 2.45) is 0 Å². The van der Waals surface area contributed by atoms with Gasteiger partial charge in [0.2, 0.25) is 10.0 Å². The predicted molar refractivity (Wildman–Crippen MR) is 85.6 cm³/mol. The Labute approximate surface area is 131 Å². The van der Waals surface area contributed by atoms with Gasteiger partial charge in [0, 0.05) is 12.2 Å². The topological polar surface area (TPSA) is 75.7 Å². The second kappa shape index (κ2) is 6.66. The number of hydrogen-bond acceptors (Lipinski definition) is 4. The van der Waals surface area contributed by atoms with Crippen molar-refractivity contribution in [2.75, 3.05) is 23.7 Å². The van der Waals surface area contributed by atoms with Gasteiger partial charge < -0.3 is 4.74 Å². The fourth-order valence-corrected chi connectivity index (χ4v) is 3.63. The van der Waals surface area contributed by atoms with Crippen LogP contribution < -0.4 is 9.62 Å². The van der Waals surface area contributed by atoms with E-state index in [9.17, 15) is 13.2 Å². The molecule has 1 N–H and O–H groups in total. The van der Waals surface area contributed by atoms with Gasteiger partial charge in [-0.05, 0) is 43.5 Å². The molecule has 1 aliphatic heterocycles. The van der Waals surface area contributed by atoms with Crippen LogP contribution in [0.3, 0.4) is 0 Å². The molecule has 1 aromatic carbocycles. The molecule has 6 nitrogen and oxygen atoms in total. The number of carbonyl (C=O) groups is 1. The molecule has 1 unspecified atom stereocenters. The number of anilines is 1. The highest BCUT2D eigenvalue weighted by Crippen LogP contribution is 2.24. The van der Waals surface area contributed by atoms with Crippen LogP contribution in [0.2, 0.25) is 0 Å². The van der Waals surface area contributed by atoms with Crippen LogP contribution in [0.4, 0.5) is 10.5 Å². The molecule has 122 valence electrons. The number of ether oxygens (including phenoxy) is 1. The Balaban J connectivity index is 2.02. The van der Waals surface area contributed by atoms with Gasteiger partial charge in [-0.3, -0.25) is 4.90 Å². The Hall–Kier alpha value is -1.60. The normalized spacial score (nSPS) is 18.6. The summed E-state index contributed by atoms with van der Waals surface area (Å²) < 4.78 is 31.0. The van der Waals surface area contributed by atoms with E-state index >= 15 is 0 Å². The van der Waals surface area contributed by atoms with Gasteiger partial charge in [0.15, 0.2) is 0 Å². The lowest BCUT2D eigenvalue weighted by Crippen LogP contribution is -2.35. The van der Waals surface area contributed by atoms with Gasteiger partial charge in [0.25, 0.3) is 0 Å². The SMILES string of the molecule is CCCS(=O)(=O)NCC1CN(c2cc(C)cc(C)c2)C(=O)O1. The van der Waals surface area contributed by atoms with Gasteiger partial charge >= 0.3 is 6.09 Å². The van der Waals surface area contributed by atoms with Crippen molar-refractivity contribution in [3.63, 3.8) is 0 Å². The largest absolute Gasteiger partial charge is 0.443 e. The number of nitrogens with one attached hydrogen (secondary N) is 1. The average Bonchev–Trinajstić information content (AvgIpc) is 2.77. The molecule has 1 saturated heterocycles. The molecule has 1 aromatic rings. The average molecular weight is 326 g/mol. The summed E-state index contributed by atoms with van der Waals surface area (Å²) in [5, 5.41) is 0. The molecular formula is C15H22N2O4S. The van der Waals surface area contributed by atoms with E-state index in [1.807, 2.05) is 32.0 Å². The summed E-state index contributed by atoms with van der Waals surface area (Å²) in [5.41, 5.74) is 2.91. The van der Waals surface area contributed by atoms with Crippen LogP contribution in [0, 0.1) is 13.8 Å². The summed E-state index contributed by atoms with van der Waals surface area (Å²) in [7, 11) is -3.29. The third-order valence-corrected chi connectivity index (χ3v) is 4.95. The predicted octanol–water partition coefficient (Wildman–Crippen LogP) is 1.96. The van der Waals surface area contributed by atoms with Crippen LogP contribution >= 0.6 is 0 Å². The van der Waals surface area contributed by atoms with Gasteiger partial charge in [-0.2, -0.15) is 0 Å². The quantitative estimate of drug-likeness (QED) is 0.867. The summed E-state index contributed by atoms with van der Waals surface area (Å²) >= 11 is 0. The Bertz CT molecular complexity index is 637. The number of benzene rings is 1. The van der Waals surface area contributed by atoms with Crippen LogP contribution in [-0.4, -0.2) is 39.5 Å². The van der Waals surface area contributed by atoms with E-state index in [-0.39, 0.29) is 12.3 Å². The first-order chi connectivity index (χ1) is 10.3. The molecule has 0 bridgehead atoms. The van der Waals surface area contributed by atoms with Crippen molar-refractivity contribution in [3.05, 3.63) is 29.3 Å². The minimum absolute atomic E-state index is 0.0778. The molecule has 0 spiro atoms. The summed E-state index contributed by atoms with van der Waals surface area (Å²) in [6.07, 6.45) is -0.362. The summed E-state index contributed by atoms with van der Waals surface area (Å²) in [6.45, 7) is 6.19. The van der Waals surface area contributed by atoms with E-state index in [4.69, 9.17) is 4.74 Å². The minimum atomic E-state index is -3.29. The van der Waals surface area contributed by atoms with Crippen molar-refractivity contribution in [1.29, 1.82) is 0 Å². The number of hydrogen-bond donors (Lipinski definition) is 1. The zero-order valence-corrected chi connectivity index (χ0v) is 13.9. The van der Waals surface area contributed by atoms with Crippen molar-refractivity contribution in [3.8, 4) is 0 Å². The molecular weight excluding hydrogens is 304 g/mol. The van der Waals surface area contributed by atoms with E-state index in [0.717, 1.165) is 16.8 Å². The number of nitrogens with zero attached hydrogens (tertiary/aromatic N) is 1. The molecule has 1 heterocycles. The molecule has 1 fully saturated rings. The van der Waals surface area contributed by atoms with E-state index in [2.05, 4.69) is 4.72 Å². The van der Waals surface area contributed by atoms with Crippen LogP contribution in [0.5, 0.6) is 0 Å². The van der Waals surface area contributed by atoms with Crippen molar-refractivity contribution >= 4 is 21.8 Å². The highest BCUT2D eigenvalue weighted by atomic mass is 32.2. The molecule has 7 heteroatoms. The molecule has 2 rings (SSSR count). The molecule has 22 heavy (non-hydrogen) atoms. The van der Waals surface area contributed by atoms with Gasteiger partial charge in [0.1, 0.15) is 6.10 Å². The van der Waals surface area contributed by atoms with Gasteiger partial charge in [-0.15, -0.1) is 0 Å². The molecule has 0 radical (unpaired) electrons. The van der Waals surface area contributed by atoms with Crippen LogP contribution in [-0.2, 0) is 14.8 Å². The van der Waals surface area contributed by atoms with Crippen LogP contribution in [0.15, 0.2) is 18.2 Å². The molecule has 1 atom stereocenters. The lowest BCUT2D eigenvalue weighted by atomic mass is 10.1. The summed E-state index contributed by atoms with van der Waals surface area (Å²) in [5.74, 6) is 0.0778. The van der Waals surface area contributed by atoms with E-state index in [0.29, 0.717) is 13.0 Å². The van der Waals surface area contributed by atoms with Crippen LogP contribution in [0.25, 0.3) is 0 Å². The molecule has 0 aliphatic carbocycles. The third kappa shape index (κ3) is 4.20. The maximum atomic E-state index is 12.0. The fourth-order valence-electron chi connectivity index (χ4n) is 2.51. The lowest BCUT2D eigenvalue weighted by Gasteiger charge is -2.14. The second-order valence-corrected chi connectivity index (χ2v) is 7.56. The zero-order chi connectivity index (χ0) is 16.3. The first-order valence-electron chi connectivity index (χ1n) is 7.34. The monoisotopic (exact) mass is 326 g/mol. The Kier molecular flexibility index (Phi) is 5.08. The summed E-state index contributed by atoms with van der Waals surface area (Å²) in [6, 6.07) is 5.86. The number of carbonyl (C=O) groups excluding carboxylic acids is 1. The van der Waals surface area contributed by atoms with E-state index < -0.39 is 22.2 Å². The van der Waals surface area contributed by atoms with Crippen LogP contribution in [0.1, 0.15) is 24.5 Å². The Morgan fingerprint density at radius 2 is 1.91 bits per heavy atom. The molecule has 1 aliphatic rings. The highest BCUT2D eigenvalue weighted by Gasteiger charge is 2.33. The maximum absolute atomic E-state index is 12.0. The first-order valence-corrected chi connectivity index (χ1v) is 8.99. The second-order valence-electron chi connectivity index (χ2n) is 5.63. The van der Waals surface area contributed by atoms with Gasteiger partial charge in [-0.25, -0.2) is 17.9 Å². The summed E-state index contributed by atoms with van der Waals surface area (Å²) in [4.78, 5) is 13.5. The Morgan fingerprint density at radius 1 is 1.27 bits per heavy atom. The highest BCUT2D eigenvalue weighted by molar-refractivity contribution is 7.89. The third-order valence-electron chi connectivity index (χ3n) is 3.40. The number of rotatable bonds is 6. The van der Waals surface area contributed by atoms with E-state index in [1.54, 1.807) is 11.8 Å². The van der Waals surface area contributed by atoms with Gasteiger partial charge in [0.05, 0.1) is 12.3 Å². The minimum Gasteiger partial charge on any atom is -0.443 e. The van der Waals surface area contributed by atoms with Crippen molar-refractivity contribution in [2.45, 2.75) is 33.3 Å². The zero-order valence-electron chi connectivity index (χ0n) is 13.1. The molecule has 0 aromatic heterocycles. The van der Waals surface area contributed by atoms with Gasteiger partial charge in [-0.1, -0.05) is 13.0 Å². The fraction of sp³-hybridized carbons (Fsp3) is 0.533. The standard InChI is InChI=1S/C15H22N2O4S/c1-4-5-22(19,20)16-9-14-10-17(15(18)21-14)13-7-11(2)6-12(3)8-13/h6-8,14,16H,4-5,9-10H2,1-3H3. The Morgan fingerprint density at radius 3 is 2.50 bits per heavy atom. The molecule has 1 amide bonds. The van der Waals surface area contributed by atoms with E-state index in [1.165, 1.54) is 0 Å². The smallest absolute Gasteiger partial charge is 0.414 e. The van der Waals surface area contributed by atoms with Crippen molar-refractivity contribution in [1.82, 2.24) is 4.72 Å². The molecule has 0 saturated carbocycles. The number of sulfonamides is 1. The number of amides is 1. The number of cyclic esters (lactones) is 1.